The first-order valence-corrected chi connectivity index (χ1v) is 14.0. The van der Waals surface area contributed by atoms with Gasteiger partial charge in [-0.25, -0.2) is 15.0 Å². The average Bonchev–Trinajstić information content (AvgIpc) is 3.30. The van der Waals surface area contributed by atoms with E-state index in [1.54, 1.807) is 0 Å². The SMILES string of the molecule is CCCn1c(C2CCN(C)CC2)nc(-c2ccc(Cl)c(C)c2)c1-c1ccnc(N[C@@H](C)c2ccccc2)n1. The summed E-state index contributed by atoms with van der Waals surface area (Å²) in [7, 11) is 2.20. The Hall–Kier alpha value is -3.22. The van der Waals surface area contributed by atoms with Crippen molar-refractivity contribution in [2.45, 2.75) is 58.5 Å². The molecule has 38 heavy (non-hydrogen) atoms. The first-order chi connectivity index (χ1) is 18.4. The second kappa shape index (κ2) is 11.7. The molecule has 2 aromatic carbocycles. The third-order valence-corrected chi connectivity index (χ3v) is 7.93. The van der Waals surface area contributed by atoms with Gasteiger partial charge in [-0.15, -0.1) is 0 Å². The predicted octanol–water partition coefficient (Wildman–Crippen LogP) is 7.36. The Morgan fingerprint density at radius 1 is 1.05 bits per heavy atom. The number of aromatic nitrogens is 4. The first kappa shape index (κ1) is 26.4. The van der Waals surface area contributed by atoms with Crippen LogP contribution in [0.1, 0.15) is 62.0 Å². The highest BCUT2D eigenvalue weighted by Gasteiger charge is 2.28. The molecule has 0 aliphatic carbocycles. The van der Waals surface area contributed by atoms with Crippen molar-refractivity contribution < 1.29 is 0 Å². The van der Waals surface area contributed by atoms with Gasteiger partial charge in [0.2, 0.25) is 5.95 Å². The van der Waals surface area contributed by atoms with Crippen molar-refractivity contribution in [3.05, 3.63) is 82.8 Å². The number of aryl methyl sites for hydroxylation is 1. The minimum absolute atomic E-state index is 0.0835. The molecule has 1 fully saturated rings. The van der Waals surface area contributed by atoms with E-state index in [9.17, 15) is 0 Å². The van der Waals surface area contributed by atoms with E-state index in [4.69, 9.17) is 21.6 Å². The average molecular weight is 529 g/mol. The molecule has 1 aliphatic rings. The lowest BCUT2D eigenvalue weighted by atomic mass is 9.96. The van der Waals surface area contributed by atoms with E-state index in [1.165, 1.54) is 11.4 Å². The highest BCUT2D eigenvalue weighted by Crippen LogP contribution is 2.38. The van der Waals surface area contributed by atoms with Crippen LogP contribution in [0.5, 0.6) is 0 Å². The number of hydrogen-bond acceptors (Lipinski definition) is 5. The summed E-state index contributed by atoms with van der Waals surface area (Å²) in [6.07, 6.45) is 5.09. The van der Waals surface area contributed by atoms with Crippen LogP contribution in [0.25, 0.3) is 22.6 Å². The fourth-order valence-corrected chi connectivity index (χ4v) is 5.45. The van der Waals surface area contributed by atoms with E-state index >= 15 is 0 Å². The zero-order valence-corrected chi connectivity index (χ0v) is 23.5. The van der Waals surface area contributed by atoms with Gasteiger partial charge in [0.25, 0.3) is 0 Å². The van der Waals surface area contributed by atoms with E-state index in [1.807, 2.05) is 31.3 Å². The Balaban J connectivity index is 1.61. The van der Waals surface area contributed by atoms with Crippen LogP contribution in [0.2, 0.25) is 5.02 Å². The van der Waals surface area contributed by atoms with Gasteiger partial charge in [-0.05, 0) is 82.6 Å². The zero-order valence-electron chi connectivity index (χ0n) is 22.8. The van der Waals surface area contributed by atoms with Crippen LogP contribution in [-0.2, 0) is 6.54 Å². The highest BCUT2D eigenvalue weighted by atomic mass is 35.5. The van der Waals surface area contributed by atoms with Crippen molar-refractivity contribution in [2.24, 2.45) is 0 Å². The fraction of sp³-hybridized carbons (Fsp3) is 0.387. The summed E-state index contributed by atoms with van der Waals surface area (Å²) in [6.45, 7) is 9.48. The van der Waals surface area contributed by atoms with E-state index in [0.717, 1.165) is 72.1 Å². The number of imidazole rings is 1. The summed E-state index contributed by atoms with van der Waals surface area (Å²) in [5.74, 6) is 2.21. The van der Waals surface area contributed by atoms with Gasteiger partial charge in [-0.2, -0.15) is 0 Å². The van der Waals surface area contributed by atoms with Crippen molar-refractivity contribution in [3.63, 3.8) is 0 Å². The van der Waals surface area contributed by atoms with Crippen LogP contribution < -0.4 is 5.32 Å². The minimum Gasteiger partial charge on any atom is -0.348 e. The van der Waals surface area contributed by atoms with Gasteiger partial charge in [0.05, 0.1) is 23.1 Å². The zero-order chi connectivity index (χ0) is 26.6. The topological polar surface area (TPSA) is 58.9 Å². The number of halogens is 1. The van der Waals surface area contributed by atoms with Gasteiger partial charge >= 0.3 is 0 Å². The van der Waals surface area contributed by atoms with Crippen LogP contribution >= 0.6 is 11.6 Å². The van der Waals surface area contributed by atoms with E-state index in [0.29, 0.717) is 11.9 Å². The Morgan fingerprint density at radius 2 is 1.82 bits per heavy atom. The van der Waals surface area contributed by atoms with Crippen molar-refractivity contribution >= 4 is 17.5 Å². The monoisotopic (exact) mass is 528 g/mol. The van der Waals surface area contributed by atoms with Gasteiger partial charge in [0.15, 0.2) is 0 Å². The van der Waals surface area contributed by atoms with Crippen molar-refractivity contribution in [1.82, 2.24) is 24.4 Å². The van der Waals surface area contributed by atoms with E-state index < -0.39 is 0 Å². The molecule has 198 valence electrons. The van der Waals surface area contributed by atoms with Gasteiger partial charge in [0.1, 0.15) is 5.82 Å². The predicted molar refractivity (Wildman–Crippen MR) is 157 cm³/mol. The van der Waals surface area contributed by atoms with Gasteiger partial charge < -0.3 is 14.8 Å². The van der Waals surface area contributed by atoms with Crippen molar-refractivity contribution in [2.75, 3.05) is 25.5 Å². The molecular weight excluding hydrogens is 492 g/mol. The standard InChI is InChI=1S/C31H37ClN6/c1-5-17-38-29(27-13-16-33-31(35-27)34-22(3)23-9-7-6-8-10-23)28(25-11-12-26(32)21(2)20-25)36-30(38)24-14-18-37(4)19-15-24/h6-13,16,20,22,24H,5,14-15,17-19H2,1-4H3,(H,33,34,35)/t22-/m0/s1. The number of nitrogens with one attached hydrogen (secondary N) is 1. The smallest absolute Gasteiger partial charge is 0.223 e. The number of anilines is 1. The molecule has 0 amide bonds. The largest absolute Gasteiger partial charge is 0.348 e. The van der Waals surface area contributed by atoms with E-state index in [-0.39, 0.29) is 6.04 Å². The normalized spacial score (nSPS) is 15.5. The molecular formula is C31H37ClN6. The lowest BCUT2D eigenvalue weighted by Crippen LogP contribution is -2.30. The van der Waals surface area contributed by atoms with Crippen LogP contribution in [0.15, 0.2) is 60.8 Å². The second-order valence-corrected chi connectivity index (χ2v) is 10.8. The summed E-state index contributed by atoms with van der Waals surface area (Å²) >= 11 is 6.41. The maximum absolute atomic E-state index is 6.41. The third kappa shape index (κ3) is 5.62. The van der Waals surface area contributed by atoms with Crippen LogP contribution in [-0.4, -0.2) is 44.6 Å². The molecule has 1 aliphatic heterocycles. The second-order valence-electron chi connectivity index (χ2n) is 10.4. The van der Waals surface area contributed by atoms with Crippen molar-refractivity contribution in [3.8, 4) is 22.6 Å². The number of rotatable bonds is 8. The lowest BCUT2D eigenvalue weighted by molar-refractivity contribution is 0.248. The van der Waals surface area contributed by atoms with Crippen LogP contribution in [0.4, 0.5) is 5.95 Å². The van der Waals surface area contributed by atoms with Crippen LogP contribution in [0.3, 0.4) is 0 Å². The number of likely N-dealkylation sites (tertiary alicyclic amines) is 1. The summed E-state index contributed by atoms with van der Waals surface area (Å²) < 4.78 is 2.42. The summed E-state index contributed by atoms with van der Waals surface area (Å²) in [6, 6.07) is 18.7. The number of hydrogen-bond donors (Lipinski definition) is 1. The summed E-state index contributed by atoms with van der Waals surface area (Å²) in [5.41, 5.74) is 6.21. The molecule has 0 saturated carbocycles. The molecule has 6 nitrogen and oxygen atoms in total. The molecule has 0 bridgehead atoms. The van der Waals surface area contributed by atoms with Gasteiger partial charge in [-0.1, -0.05) is 54.9 Å². The Morgan fingerprint density at radius 3 is 2.53 bits per heavy atom. The lowest BCUT2D eigenvalue weighted by Gasteiger charge is -2.29. The van der Waals surface area contributed by atoms with E-state index in [2.05, 4.69) is 77.1 Å². The molecule has 0 radical (unpaired) electrons. The van der Waals surface area contributed by atoms with Gasteiger partial charge in [-0.3, -0.25) is 0 Å². The van der Waals surface area contributed by atoms with Gasteiger partial charge in [0, 0.05) is 29.2 Å². The molecule has 3 heterocycles. The Labute approximate surface area is 231 Å². The molecule has 4 aromatic rings. The number of nitrogens with zero attached hydrogens (tertiary/aromatic N) is 5. The number of benzene rings is 2. The maximum atomic E-state index is 6.41. The quantitative estimate of drug-likeness (QED) is 0.259. The first-order valence-electron chi connectivity index (χ1n) is 13.6. The summed E-state index contributed by atoms with van der Waals surface area (Å²) in [4.78, 5) is 17.4. The fourth-order valence-electron chi connectivity index (χ4n) is 5.33. The molecule has 7 heteroatoms. The molecule has 0 spiro atoms. The Kier molecular flexibility index (Phi) is 8.10. The van der Waals surface area contributed by atoms with Crippen LogP contribution in [0, 0.1) is 6.92 Å². The molecule has 0 unspecified atom stereocenters. The van der Waals surface area contributed by atoms with Crippen molar-refractivity contribution in [1.29, 1.82) is 0 Å². The Bertz CT molecular complexity index is 1370. The third-order valence-electron chi connectivity index (χ3n) is 7.50. The minimum atomic E-state index is 0.0835. The maximum Gasteiger partial charge on any atom is 0.223 e. The number of piperidine rings is 1. The molecule has 5 rings (SSSR count). The molecule has 1 saturated heterocycles. The molecule has 2 aromatic heterocycles. The molecule has 1 atom stereocenters. The highest BCUT2D eigenvalue weighted by molar-refractivity contribution is 6.31. The summed E-state index contributed by atoms with van der Waals surface area (Å²) in [5, 5.41) is 4.26. The molecule has 1 N–H and O–H groups in total.